The molecule has 1 aromatic rings. The highest BCUT2D eigenvalue weighted by Gasteiger charge is 2.20. The highest BCUT2D eigenvalue weighted by molar-refractivity contribution is 5.61. The fraction of sp³-hybridized carbons (Fsp3) is 0.455. The van der Waals surface area contributed by atoms with Crippen molar-refractivity contribution in [1.82, 2.24) is 0 Å². The van der Waals surface area contributed by atoms with Crippen LogP contribution in [0.5, 0.6) is 0 Å². The van der Waals surface area contributed by atoms with Crippen molar-refractivity contribution in [2.24, 2.45) is 0 Å². The first-order valence-electron chi connectivity index (χ1n) is 5.28. The molecule has 6 nitrogen and oxygen atoms in total. The van der Waals surface area contributed by atoms with Crippen LogP contribution in [-0.2, 0) is 9.47 Å². The number of nitro benzene ring substituents is 1. The minimum atomic E-state index is -0.870. The van der Waals surface area contributed by atoms with Crippen LogP contribution in [0.3, 0.4) is 0 Å². The van der Waals surface area contributed by atoms with E-state index in [2.05, 4.69) is 5.32 Å². The van der Waals surface area contributed by atoms with Crippen molar-refractivity contribution in [2.75, 3.05) is 32.7 Å². The van der Waals surface area contributed by atoms with Gasteiger partial charge in [0.25, 0.3) is 0 Å². The molecule has 18 heavy (non-hydrogen) atoms. The van der Waals surface area contributed by atoms with Gasteiger partial charge in [-0.1, -0.05) is 6.07 Å². The molecule has 1 atom stereocenters. The quantitative estimate of drug-likeness (QED) is 0.596. The first kappa shape index (κ1) is 14.3. The van der Waals surface area contributed by atoms with Crippen molar-refractivity contribution < 1.29 is 18.8 Å². The summed E-state index contributed by atoms with van der Waals surface area (Å²) < 4.78 is 23.3. The Kier molecular flexibility index (Phi) is 5.47. The molecule has 1 N–H and O–H groups in total. The summed E-state index contributed by atoms with van der Waals surface area (Å²) in [5.41, 5.74) is -0.442. The van der Waals surface area contributed by atoms with E-state index in [-0.39, 0.29) is 18.3 Å². The van der Waals surface area contributed by atoms with E-state index in [4.69, 9.17) is 9.47 Å². The molecule has 0 heterocycles. The Labute approximate surface area is 104 Å². The van der Waals surface area contributed by atoms with Gasteiger partial charge >= 0.3 is 5.69 Å². The number of hydrogen-bond donors (Lipinski definition) is 1. The van der Waals surface area contributed by atoms with Crippen LogP contribution in [0.4, 0.5) is 15.8 Å². The van der Waals surface area contributed by atoms with Crippen LogP contribution in [0.2, 0.25) is 0 Å². The summed E-state index contributed by atoms with van der Waals surface area (Å²) in [6.45, 7) is 0.626. The van der Waals surface area contributed by atoms with E-state index in [0.717, 1.165) is 6.07 Å². The van der Waals surface area contributed by atoms with Gasteiger partial charge in [-0.3, -0.25) is 10.1 Å². The van der Waals surface area contributed by atoms with Crippen molar-refractivity contribution in [3.63, 3.8) is 0 Å². The molecular weight excluding hydrogens is 243 g/mol. The Morgan fingerprint density at radius 2 is 2.22 bits per heavy atom. The maximum atomic E-state index is 13.3. The number of hydrogen-bond acceptors (Lipinski definition) is 5. The third kappa shape index (κ3) is 3.64. The van der Waals surface area contributed by atoms with E-state index in [1.807, 2.05) is 0 Å². The molecule has 0 bridgehead atoms. The van der Waals surface area contributed by atoms with Crippen molar-refractivity contribution in [3.05, 3.63) is 34.1 Å². The van der Waals surface area contributed by atoms with Crippen molar-refractivity contribution >= 4 is 11.4 Å². The minimum absolute atomic E-state index is 0.123. The second-order valence-corrected chi connectivity index (χ2v) is 3.59. The summed E-state index contributed by atoms with van der Waals surface area (Å²) in [4.78, 5) is 10.00. The molecule has 100 valence electrons. The predicted molar refractivity (Wildman–Crippen MR) is 64.2 cm³/mol. The number of rotatable bonds is 7. The predicted octanol–water partition coefficient (Wildman–Crippen LogP) is 1.81. The average Bonchev–Trinajstić information content (AvgIpc) is 2.33. The zero-order chi connectivity index (χ0) is 13.5. The molecule has 0 radical (unpaired) electrons. The first-order chi connectivity index (χ1) is 8.60. The standard InChI is InChI=1S/C11H15FN2O4/c1-17-7-8(18-2)6-13-10-5-3-4-9(12)11(10)14(15)16/h3-5,8,13H,6-7H2,1-2H3. The number of nitrogens with zero attached hydrogens (tertiary/aromatic N) is 1. The Morgan fingerprint density at radius 1 is 1.50 bits per heavy atom. The molecule has 0 saturated heterocycles. The van der Waals surface area contributed by atoms with E-state index in [1.54, 1.807) is 0 Å². The fourth-order valence-corrected chi connectivity index (χ4v) is 1.46. The highest BCUT2D eigenvalue weighted by Crippen LogP contribution is 2.27. The number of nitro groups is 1. The third-order valence-corrected chi connectivity index (χ3v) is 2.38. The topological polar surface area (TPSA) is 73.6 Å². The van der Waals surface area contributed by atoms with E-state index in [0.29, 0.717) is 6.61 Å². The number of nitrogens with one attached hydrogen (secondary N) is 1. The lowest BCUT2D eigenvalue weighted by molar-refractivity contribution is -0.386. The lowest BCUT2D eigenvalue weighted by Gasteiger charge is -2.15. The van der Waals surface area contributed by atoms with Crippen LogP contribution in [0.15, 0.2) is 18.2 Å². The first-order valence-corrected chi connectivity index (χ1v) is 5.28. The second-order valence-electron chi connectivity index (χ2n) is 3.59. The lowest BCUT2D eigenvalue weighted by atomic mass is 10.2. The van der Waals surface area contributed by atoms with Crippen LogP contribution in [-0.4, -0.2) is 38.4 Å². The summed E-state index contributed by atoms with van der Waals surface area (Å²) >= 11 is 0. The van der Waals surface area contributed by atoms with E-state index < -0.39 is 16.4 Å². The Bertz CT molecular complexity index is 414. The molecular formula is C11H15FN2O4. The number of anilines is 1. The minimum Gasteiger partial charge on any atom is -0.382 e. The Hall–Kier alpha value is -1.73. The molecule has 1 unspecified atom stereocenters. The van der Waals surface area contributed by atoms with Crippen LogP contribution in [0.1, 0.15) is 0 Å². The average molecular weight is 258 g/mol. The van der Waals surface area contributed by atoms with Gasteiger partial charge in [0.2, 0.25) is 5.82 Å². The van der Waals surface area contributed by atoms with Gasteiger partial charge in [-0.2, -0.15) is 4.39 Å². The zero-order valence-corrected chi connectivity index (χ0v) is 10.2. The SMILES string of the molecule is COCC(CNc1cccc(F)c1[N+](=O)[O-])OC. The molecule has 7 heteroatoms. The molecule has 0 aliphatic heterocycles. The van der Waals surface area contributed by atoms with E-state index in [9.17, 15) is 14.5 Å². The van der Waals surface area contributed by atoms with E-state index in [1.165, 1.54) is 26.4 Å². The van der Waals surface area contributed by atoms with Crippen LogP contribution in [0.25, 0.3) is 0 Å². The number of halogens is 1. The summed E-state index contributed by atoms with van der Waals surface area (Å²) in [5.74, 6) is -0.870. The maximum Gasteiger partial charge on any atom is 0.327 e. The van der Waals surface area contributed by atoms with Crippen molar-refractivity contribution in [2.45, 2.75) is 6.10 Å². The monoisotopic (exact) mass is 258 g/mol. The third-order valence-electron chi connectivity index (χ3n) is 2.38. The summed E-state index contributed by atoms with van der Waals surface area (Å²) in [5, 5.41) is 13.5. The van der Waals surface area contributed by atoms with E-state index >= 15 is 0 Å². The summed E-state index contributed by atoms with van der Waals surface area (Å²) in [7, 11) is 3.03. The maximum absolute atomic E-state index is 13.3. The molecule has 0 fully saturated rings. The second kappa shape index (κ2) is 6.87. The van der Waals surface area contributed by atoms with Gasteiger partial charge < -0.3 is 14.8 Å². The fourth-order valence-electron chi connectivity index (χ4n) is 1.46. The highest BCUT2D eigenvalue weighted by atomic mass is 19.1. The van der Waals surface area contributed by atoms with Crippen LogP contribution < -0.4 is 5.32 Å². The van der Waals surface area contributed by atoms with Gasteiger partial charge in [-0.25, -0.2) is 0 Å². The number of para-hydroxylation sites is 1. The van der Waals surface area contributed by atoms with Crippen LogP contribution >= 0.6 is 0 Å². The molecule has 0 aliphatic rings. The van der Waals surface area contributed by atoms with Crippen molar-refractivity contribution in [3.8, 4) is 0 Å². The number of benzene rings is 1. The van der Waals surface area contributed by atoms with Gasteiger partial charge in [-0.05, 0) is 12.1 Å². The van der Waals surface area contributed by atoms with Crippen LogP contribution in [0, 0.1) is 15.9 Å². The molecule has 0 aromatic heterocycles. The van der Waals surface area contributed by atoms with Gasteiger partial charge in [0.1, 0.15) is 5.69 Å². The van der Waals surface area contributed by atoms with Gasteiger partial charge in [0, 0.05) is 20.8 Å². The van der Waals surface area contributed by atoms with Gasteiger partial charge in [0.05, 0.1) is 17.6 Å². The lowest BCUT2D eigenvalue weighted by Crippen LogP contribution is -2.26. The Morgan fingerprint density at radius 3 is 2.78 bits per heavy atom. The molecule has 0 amide bonds. The normalized spacial score (nSPS) is 12.2. The number of ether oxygens (including phenoxy) is 2. The van der Waals surface area contributed by atoms with Gasteiger partial charge in [-0.15, -0.1) is 0 Å². The summed E-state index contributed by atoms with van der Waals surface area (Å²) in [6, 6.07) is 3.90. The molecule has 0 spiro atoms. The number of methoxy groups -OCH3 is 2. The summed E-state index contributed by atoms with van der Waals surface area (Å²) in [6.07, 6.45) is -0.266. The zero-order valence-electron chi connectivity index (χ0n) is 10.2. The molecule has 1 rings (SSSR count). The molecule has 0 saturated carbocycles. The largest absolute Gasteiger partial charge is 0.382 e. The molecule has 1 aromatic carbocycles. The molecule has 0 aliphatic carbocycles. The smallest absolute Gasteiger partial charge is 0.327 e. The Balaban J connectivity index is 2.78. The van der Waals surface area contributed by atoms with Crippen molar-refractivity contribution in [1.29, 1.82) is 0 Å². The van der Waals surface area contributed by atoms with Gasteiger partial charge in [0.15, 0.2) is 0 Å².